The first kappa shape index (κ1) is 18.5. The number of nitrogens with zero attached hydrogens (tertiary/aromatic N) is 1. The zero-order valence-corrected chi connectivity index (χ0v) is 16.9. The van der Waals surface area contributed by atoms with Crippen LogP contribution in [0.15, 0.2) is 35.5 Å². The van der Waals surface area contributed by atoms with Gasteiger partial charge in [-0.15, -0.1) is 0 Å². The molecular formula is C22H26ClNO3. The van der Waals surface area contributed by atoms with Gasteiger partial charge in [0.1, 0.15) is 0 Å². The van der Waals surface area contributed by atoms with Crippen molar-refractivity contribution in [3.05, 3.63) is 46.1 Å². The van der Waals surface area contributed by atoms with Gasteiger partial charge in [0.05, 0.1) is 25.0 Å². The van der Waals surface area contributed by atoms with Gasteiger partial charge in [0.2, 0.25) is 0 Å². The molecule has 4 rings (SSSR count). The maximum absolute atomic E-state index is 13.6. The van der Waals surface area contributed by atoms with E-state index < -0.39 is 0 Å². The fourth-order valence-corrected chi connectivity index (χ4v) is 5.32. The topological polar surface area (TPSA) is 46.6 Å². The van der Waals surface area contributed by atoms with E-state index in [1.54, 1.807) is 0 Å². The van der Waals surface area contributed by atoms with Gasteiger partial charge in [-0.3, -0.25) is 9.59 Å². The molecule has 0 N–H and O–H groups in total. The lowest BCUT2D eigenvalue weighted by molar-refractivity contribution is -0.145. The van der Waals surface area contributed by atoms with Gasteiger partial charge in [-0.25, -0.2) is 0 Å². The smallest absolute Gasteiger partial charge is 0.312 e. The number of methoxy groups -OCH3 is 1. The van der Waals surface area contributed by atoms with Gasteiger partial charge in [-0.2, -0.15) is 0 Å². The monoisotopic (exact) mass is 387 g/mol. The number of rotatable bonds is 2. The summed E-state index contributed by atoms with van der Waals surface area (Å²) < 4.78 is 5.11. The number of halogens is 1. The minimum Gasteiger partial charge on any atom is -0.469 e. The molecule has 0 bridgehead atoms. The van der Waals surface area contributed by atoms with Gasteiger partial charge in [0.15, 0.2) is 5.78 Å². The van der Waals surface area contributed by atoms with Crippen LogP contribution in [0.25, 0.3) is 0 Å². The highest BCUT2D eigenvalue weighted by molar-refractivity contribution is 6.30. The Kier molecular flexibility index (Phi) is 4.58. The van der Waals surface area contributed by atoms with Crippen molar-refractivity contribution < 1.29 is 14.3 Å². The molecule has 4 nitrogen and oxygen atoms in total. The van der Waals surface area contributed by atoms with Gasteiger partial charge >= 0.3 is 5.97 Å². The molecule has 0 aromatic heterocycles. The van der Waals surface area contributed by atoms with Crippen LogP contribution in [0.3, 0.4) is 0 Å². The summed E-state index contributed by atoms with van der Waals surface area (Å²) in [5.74, 6) is -0.742. The van der Waals surface area contributed by atoms with Gasteiger partial charge in [0.25, 0.3) is 0 Å². The first-order valence-electron chi connectivity index (χ1n) is 9.69. The number of esters is 1. The Morgan fingerprint density at radius 1 is 1.26 bits per heavy atom. The van der Waals surface area contributed by atoms with Gasteiger partial charge < -0.3 is 9.64 Å². The number of ketones is 1. The van der Waals surface area contributed by atoms with Crippen LogP contribution in [-0.4, -0.2) is 36.3 Å². The molecule has 1 fully saturated rings. The van der Waals surface area contributed by atoms with Crippen LogP contribution >= 0.6 is 11.6 Å². The molecule has 0 spiro atoms. The summed E-state index contributed by atoms with van der Waals surface area (Å²) >= 11 is 6.07. The molecule has 0 amide bonds. The maximum Gasteiger partial charge on any atom is 0.312 e. The van der Waals surface area contributed by atoms with Gasteiger partial charge in [0, 0.05) is 17.3 Å². The second-order valence-electron chi connectivity index (χ2n) is 8.77. The fraction of sp³-hybridized carbons (Fsp3) is 0.545. The average molecular weight is 388 g/mol. The maximum atomic E-state index is 13.6. The number of fused-ring (bicyclic) bond motifs is 2. The number of hydrogen-bond acceptors (Lipinski definition) is 4. The predicted octanol–water partition coefficient (Wildman–Crippen LogP) is 4.33. The Labute approximate surface area is 165 Å². The van der Waals surface area contributed by atoms with Crippen LogP contribution in [0.2, 0.25) is 5.02 Å². The Hall–Kier alpha value is -1.81. The quantitative estimate of drug-likeness (QED) is 0.708. The largest absolute Gasteiger partial charge is 0.469 e. The summed E-state index contributed by atoms with van der Waals surface area (Å²) in [4.78, 5) is 28.5. The van der Waals surface area contributed by atoms with Crippen molar-refractivity contribution in [1.29, 1.82) is 0 Å². The highest BCUT2D eigenvalue weighted by Gasteiger charge is 2.52. The average Bonchev–Trinajstić information content (AvgIpc) is 2.98. The van der Waals surface area contributed by atoms with E-state index in [2.05, 4.69) is 18.7 Å². The molecule has 1 aliphatic carbocycles. The van der Waals surface area contributed by atoms with Crippen molar-refractivity contribution in [2.75, 3.05) is 13.7 Å². The van der Waals surface area contributed by atoms with Crippen molar-refractivity contribution in [3.63, 3.8) is 0 Å². The fourth-order valence-electron chi connectivity index (χ4n) is 5.19. The van der Waals surface area contributed by atoms with Crippen molar-refractivity contribution in [3.8, 4) is 0 Å². The molecule has 0 radical (unpaired) electrons. The first-order chi connectivity index (χ1) is 12.8. The number of Topliss-reactive ketones (excluding diaryl/α,β-unsaturated/α-hetero) is 1. The van der Waals surface area contributed by atoms with Crippen LogP contribution in [0.1, 0.15) is 51.0 Å². The van der Waals surface area contributed by atoms with Crippen LogP contribution in [-0.2, 0) is 14.3 Å². The number of carbonyl (C=O) groups is 2. The van der Waals surface area contributed by atoms with E-state index in [9.17, 15) is 9.59 Å². The molecule has 3 aliphatic rings. The number of ether oxygens (including phenoxy) is 1. The van der Waals surface area contributed by atoms with Crippen LogP contribution in [0, 0.1) is 11.3 Å². The van der Waals surface area contributed by atoms with E-state index in [1.165, 1.54) is 12.8 Å². The highest BCUT2D eigenvalue weighted by atomic mass is 35.5. The molecule has 3 unspecified atom stereocenters. The number of allylic oxidation sites excluding steroid dienone is 1. The third-order valence-corrected chi connectivity index (χ3v) is 6.55. The molecule has 144 valence electrons. The summed E-state index contributed by atoms with van der Waals surface area (Å²) in [6.45, 7) is 5.30. The van der Waals surface area contributed by atoms with E-state index in [-0.39, 0.29) is 35.0 Å². The molecule has 27 heavy (non-hydrogen) atoms. The second kappa shape index (κ2) is 6.66. The standard InChI is InChI=1S/C22H26ClNO3/c1-22(2)11-17-20(25)18(13-7-9-14(23)10-8-13)19-15(21(26)27-3)5-4-6-16(19)24(17)12-22/h7-10,15,17-18H,4-6,11-12H2,1-3H3. The minimum atomic E-state index is -0.378. The Bertz CT molecular complexity index is 811. The molecule has 1 aromatic carbocycles. The Morgan fingerprint density at radius 2 is 1.96 bits per heavy atom. The van der Waals surface area contributed by atoms with E-state index in [0.29, 0.717) is 5.02 Å². The van der Waals surface area contributed by atoms with Crippen LogP contribution in [0.5, 0.6) is 0 Å². The van der Waals surface area contributed by atoms with Crippen LogP contribution in [0.4, 0.5) is 0 Å². The lowest BCUT2D eigenvalue weighted by Gasteiger charge is -2.43. The molecule has 1 saturated heterocycles. The molecule has 2 aliphatic heterocycles. The van der Waals surface area contributed by atoms with E-state index in [1.807, 2.05) is 24.3 Å². The van der Waals surface area contributed by atoms with E-state index in [4.69, 9.17) is 16.3 Å². The lowest BCUT2D eigenvalue weighted by atomic mass is 9.70. The van der Waals surface area contributed by atoms with Crippen molar-refractivity contribution in [2.45, 2.75) is 51.5 Å². The number of benzene rings is 1. The zero-order valence-electron chi connectivity index (χ0n) is 16.1. The predicted molar refractivity (Wildman–Crippen MR) is 104 cm³/mol. The molecule has 0 saturated carbocycles. The van der Waals surface area contributed by atoms with E-state index >= 15 is 0 Å². The van der Waals surface area contributed by atoms with Gasteiger partial charge in [-0.1, -0.05) is 37.6 Å². The summed E-state index contributed by atoms with van der Waals surface area (Å²) in [6.07, 6.45) is 3.47. The van der Waals surface area contributed by atoms with Crippen molar-refractivity contribution >= 4 is 23.4 Å². The van der Waals surface area contributed by atoms with Crippen molar-refractivity contribution in [2.24, 2.45) is 11.3 Å². The second-order valence-corrected chi connectivity index (χ2v) is 9.21. The van der Waals surface area contributed by atoms with E-state index in [0.717, 1.165) is 43.4 Å². The molecule has 5 heteroatoms. The SMILES string of the molecule is COC(=O)C1CCCC2=C1C(c1ccc(Cl)cc1)C(=O)C1CC(C)(C)CN21. The van der Waals surface area contributed by atoms with Gasteiger partial charge in [-0.05, 0) is 54.4 Å². The summed E-state index contributed by atoms with van der Waals surface area (Å²) in [7, 11) is 1.43. The first-order valence-corrected chi connectivity index (χ1v) is 10.1. The van der Waals surface area contributed by atoms with Crippen LogP contribution < -0.4 is 0 Å². The summed E-state index contributed by atoms with van der Waals surface area (Å²) in [5, 5.41) is 0.646. The lowest BCUT2D eigenvalue weighted by Crippen LogP contribution is -2.47. The summed E-state index contributed by atoms with van der Waals surface area (Å²) in [5.41, 5.74) is 3.18. The number of hydrogen-bond donors (Lipinski definition) is 0. The highest BCUT2D eigenvalue weighted by Crippen LogP contribution is 2.51. The molecular weight excluding hydrogens is 362 g/mol. The third kappa shape index (κ3) is 3.08. The molecule has 1 aromatic rings. The minimum absolute atomic E-state index is 0.0888. The van der Waals surface area contributed by atoms with Crippen molar-refractivity contribution in [1.82, 2.24) is 4.90 Å². The molecule has 2 heterocycles. The normalized spacial score (nSPS) is 29.4. The Morgan fingerprint density at radius 3 is 2.63 bits per heavy atom. The number of carbonyl (C=O) groups excluding carboxylic acids is 2. The molecule has 3 atom stereocenters. The Balaban J connectivity index is 1.88. The summed E-state index contributed by atoms with van der Waals surface area (Å²) in [6, 6.07) is 7.40. The zero-order chi connectivity index (χ0) is 19.3. The third-order valence-electron chi connectivity index (χ3n) is 6.30.